The summed E-state index contributed by atoms with van der Waals surface area (Å²) >= 11 is 0. The Morgan fingerprint density at radius 1 is 1.14 bits per heavy atom. The van der Waals surface area contributed by atoms with Crippen molar-refractivity contribution < 1.29 is 4.74 Å². The Bertz CT molecular complexity index is 553. The third-order valence-electron chi connectivity index (χ3n) is 4.07. The number of benzene rings is 1. The van der Waals surface area contributed by atoms with E-state index in [0.717, 1.165) is 18.9 Å². The lowest BCUT2D eigenvalue weighted by Crippen LogP contribution is -2.22. The van der Waals surface area contributed by atoms with Gasteiger partial charge in [0, 0.05) is 25.0 Å². The molecule has 1 aliphatic heterocycles. The molecule has 0 saturated carbocycles. The number of hydrogen-bond acceptors (Lipinski definition) is 3. The van der Waals surface area contributed by atoms with Crippen LogP contribution < -0.4 is 4.74 Å². The molecule has 3 rings (SSSR count). The molecular weight excluding hydrogens is 260 g/mol. The van der Waals surface area contributed by atoms with E-state index in [1.807, 2.05) is 19.3 Å². The van der Waals surface area contributed by atoms with Gasteiger partial charge in [0.25, 0.3) is 0 Å². The minimum atomic E-state index is 0.522. The van der Waals surface area contributed by atoms with Crippen molar-refractivity contribution in [3.05, 3.63) is 59.9 Å². The van der Waals surface area contributed by atoms with Gasteiger partial charge in [-0.05, 0) is 61.7 Å². The average Bonchev–Trinajstić information content (AvgIpc) is 2.98. The van der Waals surface area contributed by atoms with Crippen LogP contribution in [0.25, 0.3) is 0 Å². The molecule has 0 spiro atoms. The van der Waals surface area contributed by atoms with Gasteiger partial charge in [0.05, 0.1) is 6.61 Å². The molecule has 3 heteroatoms. The van der Waals surface area contributed by atoms with Crippen LogP contribution in [0.15, 0.2) is 48.8 Å². The lowest BCUT2D eigenvalue weighted by molar-refractivity contribution is 0.248. The summed E-state index contributed by atoms with van der Waals surface area (Å²) in [7, 11) is 0. The summed E-state index contributed by atoms with van der Waals surface area (Å²) in [5.74, 6) is 0.958. The maximum absolute atomic E-state index is 5.53. The van der Waals surface area contributed by atoms with Crippen molar-refractivity contribution >= 4 is 0 Å². The molecule has 0 N–H and O–H groups in total. The van der Waals surface area contributed by atoms with Gasteiger partial charge in [-0.3, -0.25) is 9.88 Å². The highest BCUT2D eigenvalue weighted by atomic mass is 16.5. The highest BCUT2D eigenvalue weighted by molar-refractivity contribution is 5.30. The summed E-state index contributed by atoms with van der Waals surface area (Å²) in [6, 6.07) is 13.3. The van der Waals surface area contributed by atoms with Crippen LogP contribution in [0.1, 0.15) is 36.9 Å². The van der Waals surface area contributed by atoms with Crippen LogP contribution in [-0.4, -0.2) is 23.0 Å². The molecule has 2 heterocycles. The molecule has 1 aliphatic rings. The third-order valence-corrected chi connectivity index (χ3v) is 4.07. The fourth-order valence-electron chi connectivity index (χ4n) is 3.07. The minimum absolute atomic E-state index is 0.522. The van der Waals surface area contributed by atoms with E-state index in [2.05, 4.69) is 46.3 Å². The largest absolute Gasteiger partial charge is 0.494 e. The summed E-state index contributed by atoms with van der Waals surface area (Å²) in [6.07, 6.45) is 6.25. The molecule has 0 radical (unpaired) electrons. The van der Waals surface area contributed by atoms with Crippen molar-refractivity contribution in [1.29, 1.82) is 0 Å². The number of ether oxygens (including phenoxy) is 1. The van der Waals surface area contributed by atoms with Gasteiger partial charge in [-0.25, -0.2) is 0 Å². The second kappa shape index (κ2) is 6.72. The summed E-state index contributed by atoms with van der Waals surface area (Å²) in [5, 5.41) is 0. The zero-order chi connectivity index (χ0) is 14.5. The van der Waals surface area contributed by atoms with Gasteiger partial charge >= 0.3 is 0 Å². The lowest BCUT2D eigenvalue weighted by atomic mass is 10.0. The van der Waals surface area contributed by atoms with Crippen LogP contribution in [0.3, 0.4) is 0 Å². The van der Waals surface area contributed by atoms with Crippen molar-refractivity contribution in [1.82, 2.24) is 9.88 Å². The molecule has 0 amide bonds. The second-order valence-electron chi connectivity index (χ2n) is 5.49. The molecule has 1 atom stereocenters. The van der Waals surface area contributed by atoms with Crippen molar-refractivity contribution in [2.24, 2.45) is 0 Å². The zero-order valence-electron chi connectivity index (χ0n) is 12.5. The van der Waals surface area contributed by atoms with E-state index in [9.17, 15) is 0 Å². The molecule has 0 bridgehead atoms. The predicted molar refractivity (Wildman–Crippen MR) is 84.2 cm³/mol. The van der Waals surface area contributed by atoms with E-state index in [-0.39, 0.29) is 0 Å². The van der Waals surface area contributed by atoms with Crippen LogP contribution in [-0.2, 0) is 6.54 Å². The van der Waals surface area contributed by atoms with Gasteiger partial charge < -0.3 is 4.74 Å². The Hall–Kier alpha value is -1.87. The molecule has 1 fully saturated rings. The maximum atomic E-state index is 5.53. The van der Waals surface area contributed by atoms with E-state index < -0.39 is 0 Å². The Balaban J connectivity index is 1.71. The van der Waals surface area contributed by atoms with Crippen molar-refractivity contribution in [3.63, 3.8) is 0 Å². The smallest absolute Gasteiger partial charge is 0.119 e. The first-order valence-corrected chi connectivity index (χ1v) is 7.72. The fraction of sp³-hybridized carbons (Fsp3) is 0.389. The first kappa shape index (κ1) is 14.1. The average molecular weight is 282 g/mol. The topological polar surface area (TPSA) is 25.4 Å². The van der Waals surface area contributed by atoms with Crippen molar-refractivity contribution in [2.75, 3.05) is 13.2 Å². The summed E-state index contributed by atoms with van der Waals surface area (Å²) in [6.45, 7) is 4.90. The van der Waals surface area contributed by atoms with Gasteiger partial charge in [-0.2, -0.15) is 0 Å². The molecule has 0 aliphatic carbocycles. The van der Waals surface area contributed by atoms with E-state index in [1.54, 1.807) is 0 Å². The summed E-state index contributed by atoms with van der Waals surface area (Å²) in [4.78, 5) is 6.65. The molecule has 110 valence electrons. The van der Waals surface area contributed by atoms with Crippen LogP contribution in [0.5, 0.6) is 5.75 Å². The number of nitrogens with zero attached hydrogens (tertiary/aromatic N) is 2. The van der Waals surface area contributed by atoms with Crippen LogP contribution in [0, 0.1) is 0 Å². The summed E-state index contributed by atoms with van der Waals surface area (Å²) in [5.41, 5.74) is 2.73. The summed E-state index contributed by atoms with van der Waals surface area (Å²) < 4.78 is 5.53. The van der Waals surface area contributed by atoms with Crippen LogP contribution >= 0.6 is 0 Å². The Kier molecular flexibility index (Phi) is 4.51. The highest BCUT2D eigenvalue weighted by Crippen LogP contribution is 2.33. The first-order chi connectivity index (χ1) is 10.4. The van der Waals surface area contributed by atoms with E-state index in [4.69, 9.17) is 4.74 Å². The molecule has 1 aromatic heterocycles. The number of pyridine rings is 1. The van der Waals surface area contributed by atoms with E-state index >= 15 is 0 Å². The van der Waals surface area contributed by atoms with Crippen LogP contribution in [0.4, 0.5) is 0 Å². The van der Waals surface area contributed by atoms with E-state index in [0.29, 0.717) is 6.04 Å². The quantitative estimate of drug-likeness (QED) is 0.833. The van der Waals surface area contributed by atoms with Crippen molar-refractivity contribution in [2.45, 2.75) is 32.4 Å². The van der Waals surface area contributed by atoms with Gasteiger partial charge in [0.2, 0.25) is 0 Å². The van der Waals surface area contributed by atoms with Gasteiger partial charge in [0.15, 0.2) is 0 Å². The zero-order valence-corrected chi connectivity index (χ0v) is 12.5. The molecule has 2 aromatic rings. The third kappa shape index (κ3) is 3.42. The fourth-order valence-corrected chi connectivity index (χ4v) is 3.07. The second-order valence-corrected chi connectivity index (χ2v) is 5.49. The molecule has 21 heavy (non-hydrogen) atoms. The van der Waals surface area contributed by atoms with Gasteiger partial charge in [-0.1, -0.05) is 12.1 Å². The monoisotopic (exact) mass is 282 g/mol. The molecule has 1 unspecified atom stereocenters. The number of hydrogen-bond donors (Lipinski definition) is 0. The van der Waals surface area contributed by atoms with Gasteiger partial charge in [0.1, 0.15) is 5.75 Å². The lowest BCUT2D eigenvalue weighted by Gasteiger charge is -2.25. The Morgan fingerprint density at radius 2 is 1.90 bits per heavy atom. The van der Waals surface area contributed by atoms with Crippen LogP contribution in [0.2, 0.25) is 0 Å². The SMILES string of the molecule is CCOc1ccc(C2CCCN2Cc2ccncc2)cc1. The highest BCUT2D eigenvalue weighted by Gasteiger charge is 2.25. The molecule has 3 nitrogen and oxygen atoms in total. The standard InChI is InChI=1S/C18H22N2O/c1-2-21-17-7-5-16(6-8-17)18-4-3-13-20(18)14-15-9-11-19-12-10-15/h5-12,18H,2-4,13-14H2,1H3. The maximum Gasteiger partial charge on any atom is 0.119 e. The number of rotatable bonds is 5. The minimum Gasteiger partial charge on any atom is -0.494 e. The normalized spacial score (nSPS) is 18.8. The molecular formula is C18H22N2O. The van der Waals surface area contributed by atoms with Gasteiger partial charge in [-0.15, -0.1) is 0 Å². The predicted octanol–water partition coefficient (Wildman–Crippen LogP) is 3.82. The Labute approximate surface area is 126 Å². The number of likely N-dealkylation sites (tertiary alicyclic amines) is 1. The Morgan fingerprint density at radius 3 is 2.62 bits per heavy atom. The van der Waals surface area contributed by atoms with Crippen molar-refractivity contribution in [3.8, 4) is 5.75 Å². The van der Waals surface area contributed by atoms with E-state index in [1.165, 1.54) is 30.5 Å². The molecule has 1 saturated heterocycles. The molecule has 1 aromatic carbocycles. The number of aromatic nitrogens is 1. The first-order valence-electron chi connectivity index (χ1n) is 7.72.